The van der Waals surface area contributed by atoms with Gasteiger partial charge in [0.25, 0.3) is 11.6 Å². The average molecular weight is 495 g/mol. The average Bonchev–Trinajstić information content (AvgIpc) is 3.61. The molecule has 9 nitrogen and oxygen atoms in total. The summed E-state index contributed by atoms with van der Waals surface area (Å²) in [5, 5.41) is 17.1. The van der Waals surface area contributed by atoms with Crippen LogP contribution in [0.4, 0.5) is 5.69 Å². The van der Waals surface area contributed by atoms with Crippen molar-refractivity contribution in [2.75, 3.05) is 12.9 Å². The molecule has 0 bridgehead atoms. The summed E-state index contributed by atoms with van der Waals surface area (Å²) in [7, 11) is 1.61. The topological polar surface area (TPSA) is 111 Å². The van der Waals surface area contributed by atoms with Gasteiger partial charge in [-0.25, -0.2) is 9.99 Å². The number of fused-ring (bicyclic) bond motifs is 1. The Morgan fingerprint density at radius 2 is 2.12 bits per heavy atom. The second-order valence-electron chi connectivity index (χ2n) is 7.43. The molecule has 2 aromatic heterocycles. The quantitative estimate of drug-likeness (QED) is 0.195. The molecule has 1 aliphatic rings. The Morgan fingerprint density at radius 1 is 1.29 bits per heavy atom. The van der Waals surface area contributed by atoms with E-state index >= 15 is 0 Å². The van der Waals surface area contributed by atoms with E-state index in [1.165, 1.54) is 40.2 Å². The van der Waals surface area contributed by atoms with Crippen LogP contribution in [0.25, 0.3) is 10.2 Å². The van der Waals surface area contributed by atoms with Crippen molar-refractivity contribution in [2.24, 2.45) is 5.10 Å². The number of thioether (sulfide) groups is 1. The van der Waals surface area contributed by atoms with Gasteiger partial charge >= 0.3 is 0 Å². The lowest BCUT2D eigenvalue weighted by Crippen LogP contribution is -2.28. The Morgan fingerprint density at radius 3 is 2.82 bits per heavy atom. The highest BCUT2D eigenvalue weighted by Crippen LogP contribution is 2.36. The summed E-state index contributed by atoms with van der Waals surface area (Å²) in [6, 6.07) is 15.4. The number of carbonyl (C=O) groups excluding carboxylic acids is 1. The first kappa shape index (κ1) is 22.1. The molecule has 0 unspecified atom stereocenters. The molecule has 4 aromatic rings. The van der Waals surface area contributed by atoms with E-state index in [-0.39, 0.29) is 23.4 Å². The molecule has 1 atom stereocenters. The van der Waals surface area contributed by atoms with Crippen LogP contribution in [0.1, 0.15) is 23.8 Å². The monoisotopic (exact) mass is 494 g/mol. The third kappa shape index (κ3) is 4.39. The number of hydrogen-bond donors (Lipinski definition) is 0. The number of thiazole rings is 1. The number of benzene rings is 2. The van der Waals surface area contributed by atoms with Crippen LogP contribution in [-0.4, -0.2) is 39.4 Å². The van der Waals surface area contributed by atoms with E-state index in [9.17, 15) is 14.9 Å². The first-order valence-electron chi connectivity index (χ1n) is 10.3. The van der Waals surface area contributed by atoms with Gasteiger partial charge in [0, 0.05) is 18.6 Å². The van der Waals surface area contributed by atoms with E-state index in [4.69, 9.17) is 9.15 Å². The van der Waals surface area contributed by atoms with Gasteiger partial charge < -0.3 is 9.15 Å². The summed E-state index contributed by atoms with van der Waals surface area (Å²) >= 11 is 2.61. The molecular formula is C23H18N4O5S2. The Hall–Kier alpha value is -3.70. The van der Waals surface area contributed by atoms with Crippen molar-refractivity contribution in [1.29, 1.82) is 0 Å². The highest BCUT2D eigenvalue weighted by Gasteiger charge is 2.34. The molecule has 0 saturated heterocycles. The number of rotatable bonds is 7. The number of carbonyl (C=O) groups is 1. The highest BCUT2D eigenvalue weighted by atomic mass is 32.2. The maximum Gasteiger partial charge on any atom is 0.270 e. The van der Waals surface area contributed by atoms with Crippen LogP contribution in [0.3, 0.4) is 0 Å². The number of aromatic nitrogens is 1. The molecule has 0 N–H and O–H groups in total. The minimum Gasteiger partial charge on any atom is -0.497 e. The number of nitrogens with zero attached hydrogens (tertiary/aromatic N) is 4. The molecule has 0 aliphatic carbocycles. The molecule has 2 aromatic carbocycles. The number of amides is 1. The number of hydrazone groups is 1. The number of nitro groups is 1. The summed E-state index contributed by atoms with van der Waals surface area (Å²) in [6.45, 7) is 0. The van der Waals surface area contributed by atoms with Crippen molar-refractivity contribution >= 4 is 50.6 Å². The zero-order chi connectivity index (χ0) is 23.7. The van der Waals surface area contributed by atoms with Gasteiger partial charge in [-0.2, -0.15) is 5.10 Å². The minimum atomic E-state index is -0.434. The molecule has 0 fully saturated rings. The van der Waals surface area contributed by atoms with E-state index in [1.54, 1.807) is 25.5 Å². The predicted molar refractivity (Wildman–Crippen MR) is 129 cm³/mol. The highest BCUT2D eigenvalue weighted by molar-refractivity contribution is 8.01. The molecular weight excluding hydrogens is 476 g/mol. The van der Waals surface area contributed by atoms with Gasteiger partial charge in [-0.1, -0.05) is 11.8 Å². The van der Waals surface area contributed by atoms with Crippen molar-refractivity contribution < 1.29 is 18.9 Å². The summed E-state index contributed by atoms with van der Waals surface area (Å²) in [5.74, 6) is 1.35. The van der Waals surface area contributed by atoms with Crippen LogP contribution in [0.2, 0.25) is 0 Å². The largest absolute Gasteiger partial charge is 0.497 e. The maximum atomic E-state index is 13.2. The van der Waals surface area contributed by atoms with Crippen LogP contribution in [0.5, 0.6) is 5.75 Å². The van der Waals surface area contributed by atoms with Crippen LogP contribution in [-0.2, 0) is 4.79 Å². The van der Waals surface area contributed by atoms with E-state index < -0.39 is 4.92 Å². The molecule has 11 heteroatoms. The number of ether oxygens (including phenoxy) is 1. The van der Waals surface area contributed by atoms with Gasteiger partial charge in [-0.15, -0.1) is 11.3 Å². The maximum absolute atomic E-state index is 13.2. The van der Waals surface area contributed by atoms with Crippen molar-refractivity contribution in [3.05, 3.63) is 82.3 Å². The van der Waals surface area contributed by atoms with E-state index in [0.717, 1.165) is 17.0 Å². The Labute approximate surface area is 202 Å². The third-order valence-corrected chi connectivity index (χ3v) is 7.49. The molecule has 3 heterocycles. The zero-order valence-corrected chi connectivity index (χ0v) is 19.5. The van der Waals surface area contributed by atoms with Crippen molar-refractivity contribution in [3.8, 4) is 5.75 Å². The molecule has 172 valence electrons. The first-order valence-corrected chi connectivity index (χ1v) is 12.1. The number of methoxy groups -OCH3 is 1. The molecule has 34 heavy (non-hydrogen) atoms. The number of hydrogen-bond acceptors (Lipinski definition) is 9. The fourth-order valence-electron chi connectivity index (χ4n) is 3.66. The van der Waals surface area contributed by atoms with Crippen LogP contribution in [0.15, 0.2) is 74.7 Å². The fraction of sp³-hybridized carbons (Fsp3) is 0.174. The van der Waals surface area contributed by atoms with E-state index in [1.807, 2.05) is 30.3 Å². The standard InChI is InChI=1S/C23H18N4O5S2/c1-31-16-7-4-14(5-8-16)18-12-19(20-3-2-10-32-20)26(25-18)22(28)13-33-23-24-17-9-6-15(27(29)30)11-21(17)34-23/h2-11,19H,12-13H2,1H3/t19-/m0/s1. The molecule has 5 rings (SSSR count). The molecule has 0 radical (unpaired) electrons. The van der Waals surface area contributed by atoms with E-state index in [0.29, 0.717) is 26.7 Å². The second-order valence-corrected chi connectivity index (χ2v) is 9.68. The smallest absolute Gasteiger partial charge is 0.270 e. The van der Waals surface area contributed by atoms with E-state index in [2.05, 4.69) is 10.1 Å². The van der Waals surface area contributed by atoms with Crippen molar-refractivity contribution in [1.82, 2.24) is 9.99 Å². The number of non-ortho nitro benzene ring substituents is 1. The van der Waals surface area contributed by atoms with Crippen molar-refractivity contribution in [2.45, 2.75) is 16.8 Å². The van der Waals surface area contributed by atoms with Crippen molar-refractivity contribution in [3.63, 3.8) is 0 Å². The summed E-state index contributed by atoms with van der Waals surface area (Å²) < 4.78 is 12.2. The summed E-state index contributed by atoms with van der Waals surface area (Å²) in [5.41, 5.74) is 2.38. The lowest BCUT2D eigenvalue weighted by atomic mass is 10.0. The second kappa shape index (κ2) is 9.27. The van der Waals surface area contributed by atoms with Gasteiger partial charge in [0.1, 0.15) is 17.6 Å². The summed E-state index contributed by atoms with van der Waals surface area (Å²) in [6.07, 6.45) is 2.11. The Bertz CT molecular complexity index is 1380. The molecule has 0 spiro atoms. The zero-order valence-electron chi connectivity index (χ0n) is 17.9. The van der Waals surface area contributed by atoms with Gasteiger partial charge in [-0.05, 0) is 48.0 Å². The minimum absolute atomic E-state index is 0.0162. The number of furan rings is 1. The first-order chi connectivity index (χ1) is 16.5. The summed E-state index contributed by atoms with van der Waals surface area (Å²) in [4.78, 5) is 28.2. The molecule has 1 amide bonds. The lowest BCUT2D eigenvalue weighted by molar-refractivity contribution is -0.384. The van der Waals surface area contributed by atoms with Gasteiger partial charge in [-0.3, -0.25) is 14.9 Å². The third-order valence-electron chi connectivity index (χ3n) is 5.34. The van der Waals surface area contributed by atoms with Crippen LogP contribution >= 0.6 is 23.1 Å². The number of nitro benzene ring substituents is 1. The predicted octanol–water partition coefficient (Wildman–Crippen LogP) is 5.28. The normalized spacial score (nSPS) is 15.5. The van der Waals surface area contributed by atoms with Gasteiger partial charge in [0.2, 0.25) is 0 Å². The van der Waals surface area contributed by atoms with Gasteiger partial charge in [0.05, 0.1) is 40.0 Å². The lowest BCUT2D eigenvalue weighted by Gasteiger charge is -2.19. The van der Waals surface area contributed by atoms with Crippen LogP contribution in [0, 0.1) is 10.1 Å². The van der Waals surface area contributed by atoms with Crippen LogP contribution < -0.4 is 4.74 Å². The Balaban J connectivity index is 1.35. The molecule has 1 aliphatic heterocycles. The Kier molecular flexibility index (Phi) is 6.03. The SMILES string of the molecule is COc1ccc(C2=NN(C(=O)CSc3nc4ccc([N+](=O)[O-])cc4s3)[C@H](c3ccco3)C2)cc1. The fourth-order valence-corrected chi connectivity index (χ4v) is 5.61. The van der Waals surface area contributed by atoms with Gasteiger partial charge in [0.15, 0.2) is 4.34 Å². The molecule has 0 saturated carbocycles.